The number of amides is 1. The van der Waals surface area contributed by atoms with Gasteiger partial charge in [0.05, 0.1) is 12.0 Å². The van der Waals surface area contributed by atoms with Crippen molar-refractivity contribution in [2.75, 3.05) is 37.7 Å². The number of fused-ring (bicyclic) bond motifs is 3. The molecular weight excluding hydrogens is 362 g/mol. The van der Waals surface area contributed by atoms with Gasteiger partial charge in [-0.25, -0.2) is 19.7 Å². The Morgan fingerprint density at radius 1 is 1.18 bits per heavy atom. The van der Waals surface area contributed by atoms with Gasteiger partial charge >= 0.3 is 11.9 Å². The van der Waals surface area contributed by atoms with Gasteiger partial charge in [0.1, 0.15) is 11.8 Å². The van der Waals surface area contributed by atoms with Crippen LogP contribution in [0.3, 0.4) is 0 Å². The largest absolute Gasteiger partial charge is 0.459 e. The third-order valence-electron chi connectivity index (χ3n) is 4.85. The number of anilines is 1. The van der Waals surface area contributed by atoms with Crippen LogP contribution in [0.2, 0.25) is 0 Å². The van der Waals surface area contributed by atoms with Crippen molar-refractivity contribution in [1.29, 1.82) is 0 Å². The number of hydrogen-bond donors (Lipinski definition) is 0. The van der Waals surface area contributed by atoms with E-state index in [4.69, 9.17) is 9.15 Å². The molecule has 1 amide bonds. The van der Waals surface area contributed by atoms with Crippen LogP contribution >= 0.6 is 0 Å². The zero-order chi connectivity index (χ0) is 19.8. The minimum atomic E-state index is -0.811. The Balaban J connectivity index is 1.62. The predicted molar refractivity (Wildman–Crippen MR) is 102 cm³/mol. The first-order chi connectivity index (χ1) is 13.5. The topological polar surface area (TPSA) is 102 Å². The molecule has 3 aromatic heterocycles. The summed E-state index contributed by atoms with van der Waals surface area (Å²) in [5, 5.41) is 0.889. The van der Waals surface area contributed by atoms with Crippen LogP contribution in [0.5, 0.6) is 0 Å². The van der Waals surface area contributed by atoms with Crippen LogP contribution in [0, 0.1) is 13.8 Å². The number of carbonyl (C=O) groups is 2. The van der Waals surface area contributed by atoms with E-state index < -0.39 is 11.9 Å². The van der Waals surface area contributed by atoms with Crippen LogP contribution in [-0.4, -0.2) is 64.5 Å². The molecule has 0 aromatic carbocycles. The molecule has 0 radical (unpaired) electrons. The molecule has 0 bridgehead atoms. The molecule has 146 valence electrons. The van der Waals surface area contributed by atoms with Gasteiger partial charge in [0.25, 0.3) is 0 Å². The minimum Gasteiger partial charge on any atom is -0.459 e. The molecule has 1 aliphatic rings. The van der Waals surface area contributed by atoms with Crippen molar-refractivity contribution in [2.24, 2.45) is 0 Å². The van der Waals surface area contributed by atoms with E-state index in [1.807, 2.05) is 24.8 Å². The number of rotatable bonds is 2. The summed E-state index contributed by atoms with van der Waals surface area (Å²) in [5.41, 5.74) is 3.80. The van der Waals surface area contributed by atoms with Crippen molar-refractivity contribution >= 4 is 39.9 Å². The molecule has 0 atom stereocenters. The first kappa shape index (κ1) is 18.1. The van der Waals surface area contributed by atoms with Gasteiger partial charge in [-0.3, -0.25) is 4.79 Å². The van der Waals surface area contributed by atoms with E-state index in [0.29, 0.717) is 43.3 Å². The fourth-order valence-corrected chi connectivity index (χ4v) is 3.57. The van der Waals surface area contributed by atoms with Gasteiger partial charge in [-0.1, -0.05) is 0 Å². The first-order valence-corrected chi connectivity index (χ1v) is 9.22. The van der Waals surface area contributed by atoms with E-state index in [0.717, 1.165) is 22.2 Å². The third-order valence-corrected chi connectivity index (χ3v) is 4.85. The van der Waals surface area contributed by atoms with Gasteiger partial charge in [-0.15, -0.1) is 0 Å². The van der Waals surface area contributed by atoms with E-state index in [1.54, 1.807) is 6.92 Å². The second kappa shape index (κ2) is 7.06. The summed E-state index contributed by atoms with van der Waals surface area (Å²) in [6.45, 7) is 7.65. The number of esters is 1. The fourth-order valence-electron chi connectivity index (χ4n) is 3.57. The molecule has 0 saturated carbocycles. The highest BCUT2D eigenvalue weighted by Crippen LogP contribution is 2.33. The molecular formula is C19H21N5O4. The minimum absolute atomic E-state index is 0.183. The number of hydrogen-bond acceptors (Lipinski definition) is 8. The highest BCUT2D eigenvalue weighted by molar-refractivity contribution is 6.32. The Hall–Kier alpha value is -3.23. The van der Waals surface area contributed by atoms with Gasteiger partial charge in [0, 0.05) is 31.9 Å². The standard InChI is InChI=1S/C19H21N5O4/c1-4-27-19(26)18(25)24-7-5-23(6-8-24)16-15-14(20-10-21-16)13-11(2)9-12(3)22-17(13)28-15/h9-10H,4-8H2,1-3H3. The van der Waals surface area contributed by atoms with Gasteiger partial charge < -0.3 is 19.0 Å². The van der Waals surface area contributed by atoms with Crippen LogP contribution < -0.4 is 4.90 Å². The molecule has 1 fully saturated rings. The monoisotopic (exact) mass is 383 g/mol. The quantitative estimate of drug-likeness (QED) is 0.486. The Bertz CT molecular complexity index is 1070. The van der Waals surface area contributed by atoms with Crippen LogP contribution in [0.15, 0.2) is 16.8 Å². The maximum atomic E-state index is 12.1. The molecule has 0 spiro atoms. The summed E-state index contributed by atoms with van der Waals surface area (Å²) in [6, 6.07) is 2.00. The predicted octanol–water partition coefficient (Wildman–Crippen LogP) is 1.60. The Labute approximate surface area is 161 Å². The van der Waals surface area contributed by atoms with E-state index in [-0.39, 0.29) is 6.61 Å². The lowest BCUT2D eigenvalue weighted by molar-refractivity contribution is -0.160. The van der Waals surface area contributed by atoms with Crippen LogP contribution in [0.4, 0.5) is 5.82 Å². The molecule has 1 saturated heterocycles. The normalized spacial score (nSPS) is 14.7. The second-order valence-electron chi connectivity index (χ2n) is 6.74. The van der Waals surface area contributed by atoms with E-state index in [2.05, 4.69) is 15.0 Å². The summed E-state index contributed by atoms with van der Waals surface area (Å²) in [5.74, 6) is -0.744. The highest BCUT2D eigenvalue weighted by Gasteiger charge is 2.29. The SMILES string of the molecule is CCOC(=O)C(=O)N1CCN(c2ncnc3c2oc2nc(C)cc(C)c23)CC1. The molecule has 0 unspecified atom stereocenters. The van der Waals surface area contributed by atoms with E-state index >= 15 is 0 Å². The molecule has 28 heavy (non-hydrogen) atoms. The number of furan rings is 1. The number of aromatic nitrogens is 3. The number of carbonyl (C=O) groups excluding carboxylic acids is 2. The van der Waals surface area contributed by atoms with Crippen LogP contribution in [0.25, 0.3) is 22.2 Å². The summed E-state index contributed by atoms with van der Waals surface area (Å²) in [6.07, 6.45) is 1.52. The summed E-state index contributed by atoms with van der Waals surface area (Å²) >= 11 is 0. The molecule has 9 nitrogen and oxygen atoms in total. The van der Waals surface area contributed by atoms with Gasteiger partial charge in [0.15, 0.2) is 11.4 Å². The van der Waals surface area contributed by atoms with Crippen molar-refractivity contribution in [3.63, 3.8) is 0 Å². The Morgan fingerprint density at radius 2 is 1.93 bits per heavy atom. The van der Waals surface area contributed by atoms with E-state index in [1.165, 1.54) is 11.2 Å². The van der Waals surface area contributed by atoms with Crippen LogP contribution in [0.1, 0.15) is 18.2 Å². The summed E-state index contributed by atoms with van der Waals surface area (Å²) in [4.78, 5) is 40.6. The molecule has 1 aliphatic heterocycles. The molecule has 0 aliphatic carbocycles. The molecule has 4 heterocycles. The van der Waals surface area contributed by atoms with Crippen molar-refractivity contribution in [3.05, 3.63) is 23.7 Å². The first-order valence-electron chi connectivity index (χ1n) is 9.22. The smallest absolute Gasteiger partial charge is 0.397 e. The number of piperazine rings is 1. The van der Waals surface area contributed by atoms with Crippen molar-refractivity contribution in [1.82, 2.24) is 19.9 Å². The van der Waals surface area contributed by atoms with Crippen LogP contribution in [-0.2, 0) is 14.3 Å². The molecule has 0 N–H and O–H groups in total. The Morgan fingerprint density at radius 3 is 2.64 bits per heavy atom. The van der Waals surface area contributed by atoms with Gasteiger partial charge in [0.2, 0.25) is 5.71 Å². The Kier molecular flexibility index (Phi) is 4.58. The maximum absolute atomic E-state index is 12.1. The lowest BCUT2D eigenvalue weighted by atomic mass is 10.1. The third kappa shape index (κ3) is 3.02. The molecule has 9 heteroatoms. The molecule has 3 aromatic rings. The lowest BCUT2D eigenvalue weighted by Crippen LogP contribution is -2.51. The molecule has 4 rings (SSSR count). The summed E-state index contributed by atoms with van der Waals surface area (Å²) < 4.78 is 10.8. The number of aryl methyl sites for hydroxylation is 2. The number of nitrogens with zero attached hydrogens (tertiary/aromatic N) is 5. The van der Waals surface area contributed by atoms with Crippen molar-refractivity contribution < 1.29 is 18.7 Å². The van der Waals surface area contributed by atoms with Gasteiger partial charge in [-0.05, 0) is 32.4 Å². The summed E-state index contributed by atoms with van der Waals surface area (Å²) in [7, 11) is 0. The number of pyridine rings is 1. The zero-order valence-corrected chi connectivity index (χ0v) is 16.1. The highest BCUT2D eigenvalue weighted by atomic mass is 16.5. The average molecular weight is 383 g/mol. The van der Waals surface area contributed by atoms with Gasteiger partial charge in [-0.2, -0.15) is 0 Å². The average Bonchev–Trinajstić information content (AvgIpc) is 3.06. The van der Waals surface area contributed by atoms with Crippen molar-refractivity contribution in [3.8, 4) is 0 Å². The van der Waals surface area contributed by atoms with E-state index in [9.17, 15) is 9.59 Å². The zero-order valence-electron chi connectivity index (χ0n) is 16.1. The second-order valence-corrected chi connectivity index (χ2v) is 6.74. The van der Waals surface area contributed by atoms with Crippen molar-refractivity contribution in [2.45, 2.75) is 20.8 Å². The number of ether oxygens (including phenoxy) is 1. The fraction of sp³-hybridized carbons (Fsp3) is 0.421. The maximum Gasteiger partial charge on any atom is 0.397 e. The lowest BCUT2D eigenvalue weighted by Gasteiger charge is -2.34.